The van der Waals surface area contributed by atoms with E-state index in [1.54, 1.807) is 0 Å². The summed E-state index contributed by atoms with van der Waals surface area (Å²) in [6.07, 6.45) is 2.06. The normalized spacial score (nSPS) is 44.5. The Morgan fingerprint density at radius 1 is 1.00 bits per heavy atom. The van der Waals surface area contributed by atoms with Gasteiger partial charge in [0.25, 0.3) is 0 Å². The van der Waals surface area contributed by atoms with E-state index in [0.717, 1.165) is 12.8 Å². The molecular formula is C10H14O3. The minimum atomic E-state index is -0.297. The maximum absolute atomic E-state index is 11.3. The van der Waals surface area contributed by atoms with Crippen molar-refractivity contribution in [1.29, 1.82) is 0 Å². The largest absolute Gasteiger partial charge is 0.393 e. The van der Waals surface area contributed by atoms with Gasteiger partial charge in [0.05, 0.1) is 11.8 Å². The number of hydrogen-bond donors (Lipinski definition) is 0. The molecular weight excluding hydrogens is 168 g/mol. The van der Waals surface area contributed by atoms with E-state index < -0.39 is 0 Å². The van der Waals surface area contributed by atoms with Gasteiger partial charge in [0.1, 0.15) is 0 Å². The molecule has 1 aliphatic carbocycles. The first-order valence-corrected chi connectivity index (χ1v) is 4.87. The third-order valence-corrected chi connectivity index (χ3v) is 3.44. The van der Waals surface area contributed by atoms with Gasteiger partial charge < -0.3 is 4.74 Å². The van der Waals surface area contributed by atoms with E-state index in [1.807, 2.05) is 13.8 Å². The Bertz CT molecular complexity index is 233. The SMILES string of the molecule is CC1CC[C@H](C)C2C(=O)OC(=O)C12. The van der Waals surface area contributed by atoms with E-state index in [0.29, 0.717) is 11.8 Å². The fourth-order valence-corrected chi connectivity index (χ4v) is 2.59. The lowest BCUT2D eigenvalue weighted by atomic mass is 9.69. The first-order chi connectivity index (χ1) is 6.11. The molecule has 3 unspecified atom stereocenters. The molecule has 0 N–H and O–H groups in total. The lowest BCUT2D eigenvalue weighted by Gasteiger charge is -2.31. The van der Waals surface area contributed by atoms with Crippen molar-refractivity contribution in [3.8, 4) is 0 Å². The molecule has 3 nitrogen and oxygen atoms in total. The molecule has 2 fully saturated rings. The van der Waals surface area contributed by atoms with Crippen molar-refractivity contribution in [1.82, 2.24) is 0 Å². The molecule has 0 aromatic carbocycles. The first-order valence-electron chi connectivity index (χ1n) is 4.87. The topological polar surface area (TPSA) is 43.4 Å². The fraction of sp³-hybridized carbons (Fsp3) is 0.800. The molecule has 4 atom stereocenters. The lowest BCUT2D eigenvalue weighted by molar-refractivity contribution is -0.154. The van der Waals surface area contributed by atoms with Gasteiger partial charge in [-0.3, -0.25) is 9.59 Å². The second-order valence-corrected chi connectivity index (χ2v) is 4.32. The molecule has 0 amide bonds. The second kappa shape index (κ2) is 2.82. The molecule has 0 radical (unpaired) electrons. The number of carbonyl (C=O) groups excluding carboxylic acids is 2. The summed E-state index contributed by atoms with van der Waals surface area (Å²) < 4.78 is 4.67. The maximum atomic E-state index is 11.3. The number of carbonyl (C=O) groups is 2. The standard InChI is InChI=1S/C10H14O3/c1-5-3-4-6(2)8-7(5)9(11)13-10(8)12/h5-8H,3-4H2,1-2H3/t5-,6?,7?,8?/m0/s1. The van der Waals surface area contributed by atoms with Crippen LogP contribution in [-0.4, -0.2) is 11.9 Å². The molecule has 72 valence electrons. The zero-order valence-corrected chi connectivity index (χ0v) is 7.95. The summed E-state index contributed by atoms with van der Waals surface area (Å²) in [6, 6.07) is 0. The molecule has 0 aromatic rings. The minimum Gasteiger partial charge on any atom is -0.393 e. The van der Waals surface area contributed by atoms with Crippen LogP contribution in [0.2, 0.25) is 0 Å². The predicted octanol–water partition coefficient (Wildman–Crippen LogP) is 1.37. The van der Waals surface area contributed by atoms with Crippen molar-refractivity contribution >= 4 is 11.9 Å². The van der Waals surface area contributed by atoms with Gasteiger partial charge >= 0.3 is 11.9 Å². The van der Waals surface area contributed by atoms with Gasteiger partial charge in [0, 0.05) is 0 Å². The van der Waals surface area contributed by atoms with Crippen LogP contribution in [0.1, 0.15) is 26.7 Å². The number of fused-ring (bicyclic) bond motifs is 1. The van der Waals surface area contributed by atoms with E-state index in [-0.39, 0.29) is 23.8 Å². The predicted molar refractivity (Wildman–Crippen MR) is 45.6 cm³/mol. The molecule has 0 aromatic heterocycles. The van der Waals surface area contributed by atoms with Gasteiger partial charge in [-0.15, -0.1) is 0 Å². The monoisotopic (exact) mass is 182 g/mol. The summed E-state index contributed by atoms with van der Waals surface area (Å²) >= 11 is 0. The van der Waals surface area contributed by atoms with Crippen LogP contribution in [-0.2, 0) is 14.3 Å². The summed E-state index contributed by atoms with van der Waals surface area (Å²) in [5.41, 5.74) is 0. The van der Waals surface area contributed by atoms with Crippen molar-refractivity contribution in [3.63, 3.8) is 0 Å². The zero-order valence-electron chi connectivity index (χ0n) is 7.95. The van der Waals surface area contributed by atoms with E-state index >= 15 is 0 Å². The van der Waals surface area contributed by atoms with Crippen LogP contribution in [0.5, 0.6) is 0 Å². The molecule has 1 heterocycles. The maximum Gasteiger partial charge on any atom is 0.317 e. The highest BCUT2D eigenvalue weighted by Crippen LogP contribution is 2.43. The summed E-state index contributed by atoms with van der Waals surface area (Å²) in [6.45, 7) is 4.06. The molecule has 13 heavy (non-hydrogen) atoms. The quantitative estimate of drug-likeness (QED) is 0.419. The molecule has 1 saturated carbocycles. The van der Waals surface area contributed by atoms with Crippen LogP contribution < -0.4 is 0 Å². The van der Waals surface area contributed by atoms with Crippen LogP contribution in [0.3, 0.4) is 0 Å². The first kappa shape index (κ1) is 8.73. The summed E-state index contributed by atoms with van der Waals surface area (Å²) in [5, 5.41) is 0. The number of hydrogen-bond acceptors (Lipinski definition) is 3. The van der Waals surface area contributed by atoms with Crippen molar-refractivity contribution in [2.24, 2.45) is 23.7 Å². The number of ether oxygens (including phenoxy) is 1. The molecule has 1 saturated heterocycles. The highest BCUT2D eigenvalue weighted by atomic mass is 16.6. The van der Waals surface area contributed by atoms with Crippen LogP contribution in [0.15, 0.2) is 0 Å². The van der Waals surface area contributed by atoms with Gasteiger partial charge in [0.15, 0.2) is 0 Å². The highest BCUT2D eigenvalue weighted by Gasteiger charge is 2.51. The van der Waals surface area contributed by atoms with Crippen molar-refractivity contribution in [3.05, 3.63) is 0 Å². The van der Waals surface area contributed by atoms with Gasteiger partial charge in [-0.05, 0) is 24.7 Å². The Balaban J connectivity index is 2.29. The molecule has 1 aliphatic heterocycles. The summed E-state index contributed by atoms with van der Waals surface area (Å²) in [4.78, 5) is 22.7. The number of rotatable bonds is 0. The minimum absolute atomic E-state index is 0.156. The average Bonchev–Trinajstić information content (AvgIpc) is 2.36. The van der Waals surface area contributed by atoms with Gasteiger partial charge in [-0.2, -0.15) is 0 Å². The number of esters is 2. The van der Waals surface area contributed by atoms with E-state index in [9.17, 15) is 9.59 Å². The Morgan fingerprint density at radius 2 is 1.38 bits per heavy atom. The van der Waals surface area contributed by atoms with E-state index in [4.69, 9.17) is 0 Å². The Labute approximate surface area is 77.4 Å². The average molecular weight is 182 g/mol. The molecule has 0 spiro atoms. The van der Waals surface area contributed by atoms with Gasteiger partial charge in [-0.25, -0.2) is 0 Å². The summed E-state index contributed by atoms with van der Waals surface area (Å²) in [5.74, 6) is -0.295. The smallest absolute Gasteiger partial charge is 0.317 e. The molecule has 0 bridgehead atoms. The van der Waals surface area contributed by atoms with Crippen LogP contribution in [0.25, 0.3) is 0 Å². The summed E-state index contributed by atoms with van der Waals surface area (Å²) in [7, 11) is 0. The van der Waals surface area contributed by atoms with E-state index in [2.05, 4.69) is 4.74 Å². The molecule has 2 aliphatic rings. The van der Waals surface area contributed by atoms with Crippen molar-refractivity contribution < 1.29 is 14.3 Å². The van der Waals surface area contributed by atoms with Crippen LogP contribution >= 0.6 is 0 Å². The van der Waals surface area contributed by atoms with E-state index in [1.165, 1.54) is 0 Å². The molecule has 2 rings (SSSR count). The third-order valence-electron chi connectivity index (χ3n) is 3.44. The highest BCUT2D eigenvalue weighted by molar-refractivity contribution is 5.96. The van der Waals surface area contributed by atoms with Crippen LogP contribution in [0, 0.1) is 23.7 Å². The third kappa shape index (κ3) is 1.18. The Morgan fingerprint density at radius 3 is 1.77 bits per heavy atom. The van der Waals surface area contributed by atoms with Gasteiger partial charge in [0.2, 0.25) is 0 Å². The van der Waals surface area contributed by atoms with Crippen molar-refractivity contribution in [2.45, 2.75) is 26.7 Å². The Hall–Kier alpha value is -0.860. The zero-order chi connectivity index (χ0) is 9.59. The van der Waals surface area contributed by atoms with Gasteiger partial charge in [-0.1, -0.05) is 13.8 Å². The van der Waals surface area contributed by atoms with Crippen LogP contribution in [0.4, 0.5) is 0 Å². The lowest BCUT2D eigenvalue weighted by Crippen LogP contribution is -2.34. The fourth-order valence-electron chi connectivity index (χ4n) is 2.59. The van der Waals surface area contributed by atoms with Crippen molar-refractivity contribution in [2.75, 3.05) is 0 Å². The second-order valence-electron chi connectivity index (χ2n) is 4.32. The number of cyclic esters (lactones) is 2. The Kier molecular flexibility index (Phi) is 1.90. The molecule has 3 heteroatoms.